The maximum Gasteiger partial charge on any atom is 0.246 e. The fourth-order valence-corrected chi connectivity index (χ4v) is 6.08. The van der Waals surface area contributed by atoms with Crippen LogP contribution in [0.5, 0.6) is 0 Å². The van der Waals surface area contributed by atoms with Crippen molar-refractivity contribution in [3.8, 4) is 0 Å². The van der Waals surface area contributed by atoms with Gasteiger partial charge in [0, 0.05) is 44.1 Å². The van der Waals surface area contributed by atoms with Crippen LogP contribution < -0.4 is 0 Å². The highest BCUT2D eigenvalue weighted by Gasteiger charge is 2.29. The molecular weight excluding hydrogens is 492 g/mol. The predicted molar refractivity (Wildman–Crippen MR) is 160 cm³/mol. The summed E-state index contributed by atoms with van der Waals surface area (Å²) in [5.74, 6) is 0.173. The number of rotatable bonds is 5. The molecule has 4 aromatic carbocycles. The maximum absolute atomic E-state index is 13.4. The molecule has 40 heavy (non-hydrogen) atoms. The number of carbonyl (C=O) groups excluding carboxylic acids is 2. The first kappa shape index (κ1) is 25.6. The van der Waals surface area contributed by atoms with E-state index >= 15 is 0 Å². The number of benzene rings is 4. The maximum atomic E-state index is 13.4. The van der Waals surface area contributed by atoms with Crippen molar-refractivity contribution in [2.45, 2.75) is 24.9 Å². The van der Waals surface area contributed by atoms with E-state index in [0.717, 1.165) is 11.1 Å². The molecule has 0 N–H and O–H groups in total. The Labute approximate surface area is 235 Å². The van der Waals surface area contributed by atoms with E-state index in [1.807, 2.05) is 46.2 Å². The van der Waals surface area contributed by atoms with Crippen molar-refractivity contribution < 1.29 is 9.59 Å². The minimum Gasteiger partial charge on any atom is -0.334 e. The van der Waals surface area contributed by atoms with Gasteiger partial charge in [-0.3, -0.25) is 9.59 Å². The Morgan fingerprint density at radius 1 is 0.650 bits per heavy atom. The van der Waals surface area contributed by atoms with E-state index in [1.165, 1.54) is 33.9 Å². The van der Waals surface area contributed by atoms with Crippen molar-refractivity contribution in [3.05, 3.63) is 161 Å². The topological polar surface area (TPSA) is 40.6 Å². The normalized spacial score (nSPS) is 18.2. The van der Waals surface area contributed by atoms with Crippen LogP contribution in [0.3, 0.4) is 0 Å². The molecule has 198 valence electrons. The lowest BCUT2D eigenvalue weighted by Gasteiger charge is -2.35. The third-order valence-corrected chi connectivity index (χ3v) is 8.12. The fraction of sp³-hybridized carbons (Fsp3) is 0.167. The Kier molecular flexibility index (Phi) is 7.15. The van der Waals surface area contributed by atoms with Gasteiger partial charge in [-0.25, -0.2) is 0 Å². The average molecular weight is 525 g/mol. The van der Waals surface area contributed by atoms with E-state index in [9.17, 15) is 9.59 Å². The molecule has 2 atom stereocenters. The van der Waals surface area contributed by atoms with E-state index in [4.69, 9.17) is 0 Å². The summed E-state index contributed by atoms with van der Waals surface area (Å²) in [6.45, 7) is 6.09. The van der Waals surface area contributed by atoms with Crippen molar-refractivity contribution >= 4 is 17.9 Å². The molecule has 0 fully saturated rings. The molecule has 2 aliphatic rings. The Morgan fingerprint density at radius 3 is 1.85 bits per heavy atom. The van der Waals surface area contributed by atoms with Gasteiger partial charge in [-0.1, -0.05) is 104 Å². The quantitative estimate of drug-likeness (QED) is 0.278. The van der Waals surface area contributed by atoms with Crippen LogP contribution in [0.4, 0.5) is 0 Å². The molecular formula is C36H32N2O2. The lowest BCUT2D eigenvalue weighted by atomic mass is 9.84. The zero-order valence-corrected chi connectivity index (χ0v) is 22.4. The number of nitrogens with zero attached hydrogens (tertiary/aromatic N) is 2. The van der Waals surface area contributed by atoms with Gasteiger partial charge in [0.15, 0.2) is 0 Å². The summed E-state index contributed by atoms with van der Waals surface area (Å²) in [6.07, 6.45) is 4.96. The second-order valence-electron chi connectivity index (χ2n) is 10.6. The first-order valence-corrected chi connectivity index (χ1v) is 13.8. The molecule has 0 aromatic heterocycles. The number of hydrogen-bond donors (Lipinski definition) is 0. The van der Waals surface area contributed by atoms with Crippen LogP contribution >= 0.6 is 0 Å². The van der Waals surface area contributed by atoms with Crippen molar-refractivity contribution in [3.63, 3.8) is 0 Å². The van der Waals surface area contributed by atoms with Crippen molar-refractivity contribution in [1.29, 1.82) is 0 Å². The van der Waals surface area contributed by atoms with E-state index in [0.29, 0.717) is 26.2 Å². The monoisotopic (exact) mass is 524 g/mol. The van der Waals surface area contributed by atoms with Crippen LogP contribution in [0.15, 0.2) is 122 Å². The van der Waals surface area contributed by atoms with Crippen LogP contribution in [0.1, 0.15) is 50.8 Å². The van der Waals surface area contributed by atoms with Crippen LogP contribution in [0, 0.1) is 0 Å². The van der Waals surface area contributed by atoms with Gasteiger partial charge in [-0.05, 0) is 57.2 Å². The van der Waals surface area contributed by atoms with Crippen molar-refractivity contribution in [1.82, 2.24) is 9.80 Å². The predicted octanol–water partition coefficient (Wildman–Crippen LogP) is 6.53. The molecule has 0 bridgehead atoms. The highest BCUT2D eigenvalue weighted by atomic mass is 16.2. The van der Waals surface area contributed by atoms with Gasteiger partial charge in [0.05, 0.1) is 0 Å². The number of fused-ring (bicyclic) bond motifs is 2. The Bertz CT molecular complexity index is 1580. The molecule has 0 radical (unpaired) electrons. The smallest absolute Gasteiger partial charge is 0.246 e. The van der Waals surface area contributed by atoms with Gasteiger partial charge >= 0.3 is 0 Å². The molecule has 2 aliphatic heterocycles. The Morgan fingerprint density at radius 2 is 1.20 bits per heavy atom. The third-order valence-electron chi connectivity index (χ3n) is 8.12. The highest BCUT2D eigenvalue weighted by Crippen LogP contribution is 2.35. The number of hydrogen-bond acceptors (Lipinski definition) is 2. The van der Waals surface area contributed by atoms with Crippen LogP contribution in [-0.4, -0.2) is 34.7 Å². The van der Waals surface area contributed by atoms with Crippen LogP contribution in [0.2, 0.25) is 0 Å². The number of amides is 2. The summed E-state index contributed by atoms with van der Waals surface area (Å²) in [5.41, 5.74) is 8.16. The van der Waals surface area contributed by atoms with Gasteiger partial charge in [-0.15, -0.1) is 0 Å². The Hall–Kier alpha value is -4.70. The van der Waals surface area contributed by atoms with Gasteiger partial charge in [-0.2, -0.15) is 0 Å². The van der Waals surface area contributed by atoms with Crippen molar-refractivity contribution in [2.75, 3.05) is 13.1 Å². The Balaban J connectivity index is 1.25. The summed E-state index contributed by atoms with van der Waals surface area (Å²) in [5, 5.41) is 0. The summed E-state index contributed by atoms with van der Waals surface area (Å²) in [6, 6.07) is 35.5. The molecule has 0 saturated carbocycles. The zero-order chi connectivity index (χ0) is 27.5. The summed E-state index contributed by atoms with van der Waals surface area (Å²) < 4.78 is 0. The summed E-state index contributed by atoms with van der Waals surface area (Å²) in [7, 11) is 0. The highest BCUT2D eigenvalue weighted by molar-refractivity contribution is 5.92. The van der Waals surface area contributed by atoms with Crippen LogP contribution in [-0.2, 0) is 22.7 Å². The molecule has 0 spiro atoms. The van der Waals surface area contributed by atoms with Gasteiger partial charge in [0.25, 0.3) is 0 Å². The van der Waals surface area contributed by atoms with E-state index in [-0.39, 0.29) is 23.7 Å². The first-order chi connectivity index (χ1) is 19.6. The summed E-state index contributed by atoms with van der Waals surface area (Å²) in [4.78, 5) is 29.8. The minimum absolute atomic E-state index is 0.00113. The third kappa shape index (κ3) is 5.13. The minimum atomic E-state index is -0.0685. The molecule has 2 amide bonds. The lowest BCUT2D eigenvalue weighted by molar-refractivity contribution is -0.127. The standard InChI is InChI=1S/C36H32N2O2/c1-2-35(39)37-23-30-21-26(17-19-32(30)34(24-37)28-13-7-4-8-14-28)18-20-36(40)38-22-29-15-9-10-16-31(29)33(25-38)27-11-5-3-6-12-27/h2-21,33-34H,1,22-25H2/b20-18+/t33-,34+/m1/s1. The average Bonchev–Trinajstić information content (AvgIpc) is 3.02. The summed E-state index contributed by atoms with van der Waals surface area (Å²) >= 11 is 0. The second kappa shape index (κ2) is 11.2. The number of carbonyl (C=O) groups is 2. The van der Waals surface area contributed by atoms with Gasteiger partial charge < -0.3 is 9.80 Å². The molecule has 2 heterocycles. The molecule has 4 heteroatoms. The van der Waals surface area contributed by atoms with Gasteiger partial charge in [0.1, 0.15) is 0 Å². The van der Waals surface area contributed by atoms with Crippen molar-refractivity contribution in [2.24, 2.45) is 0 Å². The molecule has 6 rings (SSSR count). The fourth-order valence-electron chi connectivity index (χ4n) is 6.08. The molecule has 0 unspecified atom stereocenters. The van der Waals surface area contributed by atoms with E-state index < -0.39 is 0 Å². The molecule has 0 aliphatic carbocycles. The van der Waals surface area contributed by atoms with E-state index in [2.05, 4.69) is 79.4 Å². The zero-order valence-electron chi connectivity index (χ0n) is 22.4. The second-order valence-corrected chi connectivity index (χ2v) is 10.6. The largest absolute Gasteiger partial charge is 0.334 e. The molecule has 0 saturated heterocycles. The first-order valence-electron chi connectivity index (χ1n) is 13.8. The van der Waals surface area contributed by atoms with Crippen LogP contribution in [0.25, 0.3) is 6.08 Å². The molecule has 4 aromatic rings. The van der Waals surface area contributed by atoms with Gasteiger partial charge in [0.2, 0.25) is 11.8 Å². The molecule has 4 nitrogen and oxygen atoms in total. The SMILES string of the molecule is C=CC(=O)N1Cc2cc(/C=C/C(=O)N3Cc4ccccc4[C@@H](c4ccccc4)C3)ccc2[C@H](c2ccccc2)C1. The van der Waals surface area contributed by atoms with E-state index in [1.54, 1.807) is 6.08 Å². The lowest BCUT2D eigenvalue weighted by Crippen LogP contribution is -2.37.